The Hall–Kier alpha value is -1.30. The fourth-order valence-corrected chi connectivity index (χ4v) is 1.36. The number of hydrogen-bond donors (Lipinski definition) is 5. The summed E-state index contributed by atoms with van der Waals surface area (Å²) >= 11 is 0. The largest absolute Gasteiger partial charge is 0.508 e. The molecule has 0 radical (unpaired) electrons. The molecule has 1 rings (SSSR count). The van der Waals surface area contributed by atoms with E-state index in [1.807, 2.05) is 0 Å². The molecule has 0 heterocycles. The highest BCUT2D eigenvalue weighted by Crippen LogP contribution is 2.24. The standard InChI is InChI=1S/C11H17NO4/c1-7(13)5-12-6-11(16)8-2-9(14)4-10(15)3-8/h2-4,7,11-16H,5-6H2,1H3. The average Bonchev–Trinajstić information content (AvgIpc) is 2.15. The minimum absolute atomic E-state index is 0.0930. The zero-order valence-corrected chi connectivity index (χ0v) is 9.09. The second-order valence-electron chi connectivity index (χ2n) is 3.81. The van der Waals surface area contributed by atoms with Gasteiger partial charge in [0, 0.05) is 19.2 Å². The van der Waals surface area contributed by atoms with Gasteiger partial charge in [0.25, 0.3) is 0 Å². The van der Waals surface area contributed by atoms with Crippen LogP contribution in [0, 0.1) is 0 Å². The van der Waals surface area contributed by atoms with E-state index in [0.717, 1.165) is 0 Å². The Balaban J connectivity index is 2.55. The molecule has 2 atom stereocenters. The van der Waals surface area contributed by atoms with Crippen molar-refractivity contribution in [3.8, 4) is 11.5 Å². The van der Waals surface area contributed by atoms with E-state index in [0.29, 0.717) is 12.1 Å². The number of nitrogens with one attached hydrogen (secondary N) is 1. The highest BCUT2D eigenvalue weighted by Gasteiger charge is 2.09. The van der Waals surface area contributed by atoms with Crippen LogP contribution in [-0.2, 0) is 0 Å². The summed E-state index contributed by atoms with van der Waals surface area (Å²) in [5.41, 5.74) is 0.426. The first-order valence-corrected chi connectivity index (χ1v) is 5.09. The van der Waals surface area contributed by atoms with Gasteiger partial charge in [0.2, 0.25) is 0 Å². The molecule has 5 heteroatoms. The summed E-state index contributed by atoms with van der Waals surface area (Å²) in [6, 6.07) is 3.96. The topological polar surface area (TPSA) is 93.0 Å². The van der Waals surface area contributed by atoms with Gasteiger partial charge in [-0.3, -0.25) is 0 Å². The third kappa shape index (κ3) is 4.06. The summed E-state index contributed by atoms with van der Waals surface area (Å²) in [7, 11) is 0. The van der Waals surface area contributed by atoms with Crippen LogP contribution in [0.25, 0.3) is 0 Å². The van der Waals surface area contributed by atoms with E-state index in [-0.39, 0.29) is 18.0 Å². The molecule has 0 aliphatic rings. The molecular weight excluding hydrogens is 210 g/mol. The lowest BCUT2D eigenvalue weighted by Gasteiger charge is -2.13. The van der Waals surface area contributed by atoms with Gasteiger partial charge in [0.1, 0.15) is 11.5 Å². The molecular formula is C11H17NO4. The molecule has 0 saturated heterocycles. The van der Waals surface area contributed by atoms with Crippen LogP contribution in [0.15, 0.2) is 18.2 Å². The summed E-state index contributed by atoms with van der Waals surface area (Å²) in [5.74, 6) is -0.186. The molecule has 0 aromatic heterocycles. The van der Waals surface area contributed by atoms with Crippen molar-refractivity contribution in [3.05, 3.63) is 23.8 Å². The second-order valence-corrected chi connectivity index (χ2v) is 3.81. The van der Waals surface area contributed by atoms with E-state index in [9.17, 15) is 15.3 Å². The molecule has 5 nitrogen and oxygen atoms in total. The molecule has 0 aliphatic heterocycles. The predicted octanol–water partition coefficient (Wildman–Crippen LogP) is 0.102. The minimum atomic E-state index is -0.836. The van der Waals surface area contributed by atoms with Crippen LogP contribution in [-0.4, -0.2) is 39.6 Å². The molecule has 0 bridgehead atoms. The van der Waals surface area contributed by atoms with Crippen LogP contribution in [0.2, 0.25) is 0 Å². The first-order valence-electron chi connectivity index (χ1n) is 5.09. The van der Waals surface area contributed by atoms with Gasteiger partial charge < -0.3 is 25.7 Å². The zero-order chi connectivity index (χ0) is 12.1. The van der Waals surface area contributed by atoms with E-state index < -0.39 is 12.2 Å². The van der Waals surface area contributed by atoms with E-state index in [1.54, 1.807) is 6.92 Å². The maximum Gasteiger partial charge on any atom is 0.119 e. The Morgan fingerprint density at radius 3 is 2.12 bits per heavy atom. The number of rotatable bonds is 5. The summed E-state index contributed by atoms with van der Waals surface area (Å²) in [6.07, 6.45) is -1.32. The van der Waals surface area contributed by atoms with Crippen LogP contribution in [0.5, 0.6) is 11.5 Å². The fourth-order valence-electron chi connectivity index (χ4n) is 1.36. The van der Waals surface area contributed by atoms with Crippen LogP contribution < -0.4 is 5.32 Å². The van der Waals surface area contributed by atoms with Gasteiger partial charge in [0.15, 0.2) is 0 Å². The second kappa shape index (κ2) is 5.69. The van der Waals surface area contributed by atoms with Crippen molar-refractivity contribution >= 4 is 0 Å². The van der Waals surface area contributed by atoms with Crippen molar-refractivity contribution in [2.75, 3.05) is 13.1 Å². The number of benzene rings is 1. The fraction of sp³-hybridized carbons (Fsp3) is 0.455. The summed E-state index contributed by atoms with van der Waals surface area (Å²) in [4.78, 5) is 0. The quantitative estimate of drug-likeness (QED) is 0.492. The molecule has 0 aliphatic carbocycles. The lowest BCUT2D eigenvalue weighted by molar-refractivity contribution is 0.154. The number of aliphatic hydroxyl groups is 2. The van der Waals surface area contributed by atoms with Crippen molar-refractivity contribution in [3.63, 3.8) is 0 Å². The van der Waals surface area contributed by atoms with Crippen molar-refractivity contribution < 1.29 is 20.4 Å². The molecule has 0 amide bonds. The lowest BCUT2D eigenvalue weighted by atomic mass is 10.1. The Kier molecular flexibility index (Phi) is 4.54. The van der Waals surface area contributed by atoms with Gasteiger partial charge in [-0.25, -0.2) is 0 Å². The van der Waals surface area contributed by atoms with Gasteiger partial charge in [-0.2, -0.15) is 0 Å². The van der Waals surface area contributed by atoms with Gasteiger partial charge >= 0.3 is 0 Å². The van der Waals surface area contributed by atoms with E-state index in [2.05, 4.69) is 5.32 Å². The maximum atomic E-state index is 9.72. The summed E-state index contributed by atoms with van der Waals surface area (Å²) < 4.78 is 0. The van der Waals surface area contributed by atoms with Crippen molar-refractivity contribution in [1.29, 1.82) is 0 Å². The average molecular weight is 227 g/mol. The number of phenolic OH excluding ortho intramolecular Hbond substituents is 2. The SMILES string of the molecule is CC(O)CNCC(O)c1cc(O)cc(O)c1. The Bertz CT molecular complexity index is 321. The molecule has 1 aromatic carbocycles. The molecule has 0 fully saturated rings. The van der Waals surface area contributed by atoms with Crippen LogP contribution in [0.3, 0.4) is 0 Å². The number of aromatic hydroxyl groups is 2. The Morgan fingerprint density at radius 2 is 1.62 bits per heavy atom. The lowest BCUT2D eigenvalue weighted by Crippen LogP contribution is -2.28. The van der Waals surface area contributed by atoms with Crippen LogP contribution in [0.1, 0.15) is 18.6 Å². The maximum absolute atomic E-state index is 9.72. The van der Waals surface area contributed by atoms with Crippen molar-refractivity contribution in [2.24, 2.45) is 0 Å². The van der Waals surface area contributed by atoms with Gasteiger partial charge in [-0.15, -0.1) is 0 Å². The van der Waals surface area contributed by atoms with Crippen LogP contribution >= 0.6 is 0 Å². The molecule has 5 N–H and O–H groups in total. The number of hydrogen-bond acceptors (Lipinski definition) is 5. The Labute approximate surface area is 94.0 Å². The molecule has 0 saturated carbocycles. The predicted molar refractivity (Wildman–Crippen MR) is 59.3 cm³/mol. The van der Waals surface area contributed by atoms with Crippen molar-refractivity contribution in [2.45, 2.75) is 19.1 Å². The number of phenols is 2. The number of aliphatic hydroxyl groups excluding tert-OH is 2. The highest BCUT2D eigenvalue weighted by molar-refractivity contribution is 5.37. The summed E-state index contributed by atoms with van der Waals surface area (Å²) in [6.45, 7) is 2.26. The third-order valence-electron chi connectivity index (χ3n) is 2.09. The van der Waals surface area contributed by atoms with Gasteiger partial charge in [-0.05, 0) is 24.6 Å². The first kappa shape index (κ1) is 12.8. The van der Waals surface area contributed by atoms with Crippen LogP contribution in [0.4, 0.5) is 0 Å². The molecule has 90 valence electrons. The van der Waals surface area contributed by atoms with Gasteiger partial charge in [-0.1, -0.05) is 0 Å². The zero-order valence-electron chi connectivity index (χ0n) is 9.09. The molecule has 1 aromatic rings. The normalized spacial score (nSPS) is 14.7. The van der Waals surface area contributed by atoms with E-state index in [1.165, 1.54) is 18.2 Å². The van der Waals surface area contributed by atoms with Crippen molar-refractivity contribution in [1.82, 2.24) is 5.32 Å². The monoisotopic (exact) mass is 227 g/mol. The van der Waals surface area contributed by atoms with E-state index >= 15 is 0 Å². The molecule has 2 unspecified atom stereocenters. The minimum Gasteiger partial charge on any atom is -0.508 e. The first-order chi connectivity index (χ1) is 7.49. The molecule has 0 spiro atoms. The third-order valence-corrected chi connectivity index (χ3v) is 2.09. The smallest absolute Gasteiger partial charge is 0.119 e. The van der Waals surface area contributed by atoms with Gasteiger partial charge in [0.05, 0.1) is 12.2 Å². The Morgan fingerprint density at radius 1 is 1.06 bits per heavy atom. The summed E-state index contributed by atoms with van der Waals surface area (Å²) in [5, 5.41) is 40.0. The highest BCUT2D eigenvalue weighted by atomic mass is 16.3. The molecule has 16 heavy (non-hydrogen) atoms. The van der Waals surface area contributed by atoms with E-state index in [4.69, 9.17) is 5.11 Å².